The number of ketones is 1. The Morgan fingerprint density at radius 1 is 1.00 bits per heavy atom. The molecule has 2 atom stereocenters. The first-order valence-corrected chi connectivity index (χ1v) is 8.25. The van der Waals surface area contributed by atoms with Gasteiger partial charge in [-0.05, 0) is 33.3 Å². The number of carbonyl (C=O) groups excluding carboxylic acids is 1. The van der Waals surface area contributed by atoms with E-state index in [2.05, 4.69) is 56.9 Å². The smallest absolute Gasteiger partial charge is 0.171 e. The van der Waals surface area contributed by atoms with Gasteiger partial charge in [0, 0.05) is 23.7 Å². The Bertz CT molecular complexity index is 687. The zero-order chi connectivity index (χ0) is 16.7. The summed E-state index contributed by atoms with van der Waals surface area (Å²) in [5, 5.41) is 0. The van der Waals surface area contributed by atoms with Crippen molar-refractivity contribution in [3.05, 3.63) is 71.8 Å². The van der Waals surface area contributed by atoms with Gasteiger partial charge in [0.05, 0.1) is 5.41 Å². The second-order valence-corrected chi connectivity index (χ2v) is 7.72. The summed E-state index contributed by atoms with van der Waals surface area (Å²) in [6.45, 7) is 9.56. The van der Waals surface area contributed by atoms with Crippen LogP contribution in [0.1, 0.15) is 49.7 Å². The lowest BCUT2D eigenvalue weighted by Gasteiger charge is -2.60. The van der Waals surface area contributed by atoms with Crippen LogP contribution in [0.4, 0.5) is 0 Å². The Morgan fingerprint density at radius 2 is 1.52 bits per heavy atom. The number of likely N-dealkylation sites (tertiary alicyclic amines) is 1. The van der Waals surface area contributed by atoms with Crippen LogP contribution in [0.2, 0.25) is 0 Å². The Morgan fingerprint density at radius 3 is 2.04 bits per heavy atom. The summed E-state index contributed by atoms with van der Waals surface area (Å²) in [5.41, 5.74) is 1.69. The van der Waals surface area contributed by atoms with Crippen LogP contribution in [0.5, 0.6) is 0 Å². The van der Waals surface area contributed by atoms with Gasteiger partial charge >= 0.3 is 0 Å². The van der Waals surface area contributed by atoms with Crippen LogP contribution in [0.3, 0.4) is 0 Å². The molecule has 2 heteroatoms. The van der Waals surface area contributed by atoms with Gasteiger partial charge in [-0.3, -0.25) is 9.69 Å². The summed E-state index contributed by atoms with van der Waals surface area (Å²) >= 11 is 0. The van der Waals surface area contributed by atoms with Gasteiger partial charge in [-0.25, -0.2) is 0 Å². The van der Waals surface area contributed by atoms with E-state index >= 15 is 0 Å². The fourth-order valence-corrected chi connectivity index (χ4v) is 3.69. The summed E-state index contributed by atoms with van der Waals surface area (Å²) in [7, 11) is 0. The second-order valence-electron chi connectivity index (χ2n) is 7.72. The normalized spacial score (nSPS) is 25.0. The van der Waals surface area contributed by atoms with E-state index < -0.39 is 0 Å². The predicted molar refractivity (Wildman–Crippen MR) is 94.5 cm³/mol. The first-order chi connectivity index (χ1) is 10.8. The topological polar surface area (TPSA) is 20.3 Å². The van der Waals surface area contributed by atoms with Gasteiger partial charge < -0.3 is 0 Å². The van der Waals surface area contributed by atoms with Gasteiger partial charge in [0.25, 0.3) is 0 Å². The lowest BCUT2D eigenvalue weighted by atomic mass is 9.64. The Balaban J connectivity index is 2.00. The van der Waals surface area contributed by atoms with E-state index in [4.69, 9.17) is 0 Å². The van der Waals surface area contributed by atoms with Crippen LogP contribution in [-0.2, 0) is 0 Å². The zero-order valence-electron chi connectivity index (χ0n) is 14.4. The van der Waals surface area contributed by atoms with E-state index in [-0.39, 0.29) is 22.8 Å². The maximum absolute atomic E-state index is 13.2. The summed E-state index contributed by atoms with van der Waals surface area (Å²) < 4.78 is 0. The maximum Gasteiger partial charge on any atom is 0.171 e. The van der Waals surface area contributed by atoms with Crippen LogP contribution in [0, 0.1) is 5.41 Å². The largest absolute Gasteiger partial charge is 0.293 e. The molecule has 1 aliphatic heterocycles. The lowest BCUT2D eigenvalue weighted by molar-refractivity contribution is -0.0951. The lowest BCUT2D eigenvalue weighted by Crippen LogP contribution is -2.66. The van der Waals surface area contributed by atoms with Gasteiger partial charge in [-0.15, -0.1) is 0 Å². The molecular weight excluding hydrogens is 282 g/mol. The first-order valence-electron chi connectivity index (χ1n) is 8.25. The molecule has 2 aromatic rings. The highest BCUT2D eigenvalue weighted by Gasteiger charge is 2.57. The van der Waals surface area contributed by atoms with E-state index in [0.29, 0.717) is 0 Å². The third kappa shape index (κ3) is 2.72. The molecule has 1 aliphatic rings. The first kappa shape index (κ1) is 15.9. The van der Waals surface area contributed by atoms with Crippen molar-refractivity contribution in [3.63, 3.8) is 0 Å². The highest BCUT2D eigenvalue weighted by molar-refractivity contribution is 6.01. The van der Waals surface area contributed by atoms with Crippen molar-refractivity contribution < 1.29 is 4.79 Å². The van der Waals surface area contributed by atoms with Crippen molar-refractivity contribution in [1.29, 1.82) is 0 Å². The molecule has 0 aliphatic carbocycles. The molecule has 0 aromatic heterocycles. The number of hydrogen-bond donors (Lipinski definition) is 0. The molecule has 0 spiro atoms. The quantitative estimate of drug-likeness (QED) is 0.764. The molecule has 0 unspecified atom stereocenters. The van der Waals surface area contributed by atoms with Crippen molar-refractivity contribution >= 4 is 5.78 Å². The van der Waals surface area contributed by atoms with Crippen molar-refractivity contribution in [2.45, 2.75) is 39.3 Å². The van der Waals surface area contributed by atoms with Gasteiger partial charge in [0.2, 0.25) is 0 Å². The van der Waals surface area contributed by atoms with Crippen LogP contribution < -0.4 is 0 Å². The van der Waals surface area contributed by atoms with Gasteiger partial charge in [-0.1, -0.05) is 60.7 Å². The third-order valence-electron chi connectivity index (χ3n) is 4.95. The average molecular weight is 307 g/mol. The number of benzene rings is 2. The molecule has 0 saturated carbocycles. The molecule has 1 heterocycles. The highest BCUT2D eigenvalue weighted by Crippen LogP contribution is 2.53. The molecule has 0 radical (unpaired) electrons. The van der Waals surface area contributed by atoms with Crippen LogP contribution in [-0.4, -0.2) is 22.8 Å². The maximum atomic E-state index is 13.2. The standard InChI is InChI=1S/C21H25NO/c1-20(2,3)22-15-21(4,18(22)16-11-7-5-8-12-16)19(23)17-13-9-6-10-14-17/h5-14,18H,15H2,1-4H3/t18-,21-/m1/s1. The van der Waals surface area contributed by atoms with Gasteiger partial charge in [0.15, 0.2) is 5.78 Å². The number of nitrogens with zero attached hydrogens (tertiary/aromatic N) is 1. The minimum atomic E-state index is -0.379. The summed E-state index contributed by atoms with van der Waals surface area (Å²) in [4.78, 5) is 15.6. The molecule has 120 valence electrons. The fraction of sp³-hybridized carbons (Fsp3) is 0.381. The van der Waals surface area contributed by atoms with E-state index in [1.807, 2.05) is 36.4 Å². The number of carbonyl (C=O) groups is 1. The second kappa shape index (κ2) is 5.61. The van der Waals surface area contributed by atoms with E-state index in [1.165, 1.54) is 5.56 Å². The molecule has 2 nitrogen and oxygen atoms in total. The Labute approximate surface area is 139 Å². The van der Waals surface area contributed by atoms with Crippen molar-refractivity contribution in [3.8, 4) is 0 Å². The molecule has 0 N–H and O–H groups in total. The monoisotopic (exact) mass is 307 g/mol. The summed E-state index contributed by atoms with van der Waals surface area (Å²) in [5.74, 6) is 0.243. The van der Waals surface area contributed by atoms with Crippen molar-refractivity contribution in [2.24, 2.45) is 5.41 Å². The summed E-state index contributed by atoms with van der Waals surface area (Å²) in [6, 6.07) is 20.2. The zero-order valence-corrected chi connectivity index (χ0v) is 14.4. The molecule has 1 fully saturated rings. The molecule has 1 saturated heterocycles. The third-order valence-corrected chi connectivity index (χ3v) is 4.95. The Kier molecular flexibility index (Phi) is 3.89. The van der Waals surface area contributed by atoms with Gasteiger partial charge in [-0.2, -0.15) is 0 Å². The average Bonchev–Trinajstić information content (AvgIpc) is 2.52. The molecule has 23 heavy (non-hydrogen) atoms. The SMILES string of the molecule is CC(C)(C)N1C[C@@](C)(C(=O)c2ccccc2)[C@H]1c1ccccc1. The Hall–Kier alpha value is -1.93. The van der Waals surface area contributed by atoms with Crippen molar-refractivity contribution in [1.82, 2.24) is 4.90 Å². The predicted octanol–water partition coefficient (Wildman–Crippen LogP) is 4.73. The van der Waals surface area contributed by atoms with Gasteiger partial charge in [0.1, 0.15) is 0 Å². The molecular formula is C21H25NO. The molecule has 2 aromatic carbocycles. The number of Topliss-reactive ketones (excluding diaryl/α,β-unsaturated/α-hetero) is 1. The number of hydrogen-bond acceptors (Lipinski definition) is 2. The van der Waals surface area contributed by atoms with Crippen LogP contribution in [0.15, 0.2) is 60.7 Å². The molecule has 0 amide bonds. The number of rotatable bonds is 3. The van der Waals surface area contributed by atoms with E-state index in [0.717, 1.165) is 12.1 Å². The van der Waals surface area contributed by atoms with Crippen molar-refractivity contribution in [2.75, 3.05) is 6.54 Å². The molecule has 0 bridgehead atoms. The van der Waals surface area contributed by atoms with E-state index in [9.17, 15) is 4.79 Å². The highest BCUT2D eigenvalue weighted by atomic mass is 16.1. The fourth-order valence-electron chi connectivity index (χ4n) is 3.69. The molecule has 3 rings (SSSR count). The van der Waals surface area contributed by atoms with E-state index in [1.54, 1.807) is 0 Å². The summed E-state index contributed by atoms with van der Waals surface area (Å²) in [6.07, 6.45) is 0. The van der Waals surface area contributed by atoms with Crippen LogP contribution >= 0.6 is 0 Å². The minimum absolute atomic E-state index is 0.0387. The van der Waals surface area contributed by atoms with Crippen LogP contribution in [0.25, 0.3) is 0 Å². The minimum Gasteiger partial charge on any atom is -0.293 e.